The average molecular weight is 388 g/mol. The predicted octanol–water partition coefficient (Wildman–Crippen LogP) is 3.96. The van der Waals surface area contributed by atoms with Crippen LogP contribution < -0.4 is 14.8 Å². The smallest absolute Gasteiger partial charge is 0.175 e. The quantitative estimate of drug-likeness (QED) is 0.781. The molecule has 0 radical (unpaired) electrons. The number of rotatable bonds is 7. The highest BCUT2D eigenvalue weighted by atomic mass is 79.9. The van der Waals surface area contributed by atoms with E-state index < -0.39 is 0 Å². The minimum atomic E-state index is 0. The van der Waals surface area contributed by atoms with E-state index in [1.807, 2.05) is 31.2 Å². The number of nitrogens with zero attached hydrogens (tertiary/aromatic N) is 1. The maximum absolute atomic E-state index is 5.59. The van der Waals surface area contributed by atoms with Gasteiger partial charge in [0.15, 0.2) is 11.5 Å². The van der Waals surface area contributed by atoms with Crippen molar-refractivity contribution in [1.29, 1.82) is 0 Å². The van der Waals surface area contributed by atoms with Gasteiger partial charge in [-0.25, -0.2) is 0 Å². The SMILES string of the molecule is CCOc1c(Br)cc(CNCc2ccncc2)cc1OC.Cl. The molecule has 0 saturated carbocycles. The Bertz CT molecular complexity index is 582. The van der Waals surface area contributed by atoms with Crippen LogP contribution in [0.1, 0.15) is 18.1 Å². The van der Waals surface area contributed by atoms with Gasteiger partial charge < -0.3 is 14.8 Å². The van der Waals surface area contributed by atoms with Crippen molar-refractivity contribution in [3.8, 4) is 11.5 Å². The maximum atomic E-state index is 5.59. The number of hydrogen-bond donors (Lipinski definition) is 1. The average Bonchev–Trinajstić information content (AvgIpc) is 2.51. The Morgan fingerprint density at radius 2 is 1.82 bits per heavy atom. The van der Waals surface area contributed by atoms with E-state index >= 15 is 0 Å². The molecule has 120 valence electrons. The van der Waals surface area contributed by atoms with Crippen LogP contribution in [0.3, 0.4) is 0 Å². The summed E-state index contributed by atoms with van der Waals surface area (Å²) in [6, 6.07) is 8.05. The van der Waals surface area contributed by atoms with E-state index in [1.54, 1.807) is 19.5 Å². The van der Waals surface area contributed by atoms with Crippen molar-refractivity contribution in [2.45, 2.75) is 20.0 Å². The third-order valence-electron chi connectivity index (χ3n) is 2.99. The summed E-state index contributed by atoms with van der Waals surface area (Å²) in [5, 5.41) is 3.40. The number of methoxy groups -OCH3 is 1. The fraction of sp³-hybridized carbons (Fsp3) is 0.312. The van der Waals surface area contributed by atoms with E-state index in [2.05, 4.69) is 26.2 Å². The van der Waals surface area contributed by atoms with E-state index in [0.29, 0.717) is 6.61 Å². The first-order valence-corrected chi connectivity index (χ1v) is 7.62. The Hall–Kier alpha value is -1.30. The third-order valence-corrected chi connectivity index (χ3v) is 3.57. The molecule has 0 aliphatic rings. The van der Waals surface area contributed by atoms with Gasteiger partial charge in [0.1, 0.15) is 0 Å². The van der Waals surface area contributed by atoms with Crippen LogP contribution in [0.2, 0.25) is 0 Å². The van der Waals surface area contributed by atoms with Gasteiger partial charge in [0.25, 0.3) is 0 Å². The molecule has 0 aliphatic heterocycles. The molecule has 2 rings (SSSR count). The van der Waals surface area contributed by atoms with Gasteiger partial charge in [-0.1, -0.05) is 0 Å². The van der Waals surface area contributed by atoms with Crippen molar-refractivity contribution in [1.82, 2.24) is 10.3 Å². The second-order valence-corrected chi connectivity index (χ2v) is 5.36. The summed E-state index contributed by atoms with van der Waals surface area (Å²) >= 11 is 3.54. The second kappa shape index (κ2) is 9.66. The van der Waals surface area contributed by atoms with E-state index in [0.717, 1.165) is 34.6 Å². The molecule has 22 heavy (non-hydrogen) atoms. The summed E-state index contributed by atoms with van der Waals surface area (Å²) in [5.41, 5.74) is 2.35. The van der Waals surface area contributed by atoms with Crippen molar-refractivity contribution >= 4 is 28.3 Å². The molecule has 1 aromatic heterocycles. The lowest BCUT2D eigenvalue weighted by Gasteiger charge is -2.13. The number of benzene rings is 1. The van der Waals surface area contributed by atoms with Crippen LogP contribution in [0, 0.1) is 0 Å². The number of ether oxygens (including phenoxy) is 2. The highest BCUT2D eigenvalue weighted by Gasteiger charge is 2.11. The molecule has 0 fully saturated rings. The number of halogens is 2. The monoisotopic (exact) mass is 386 g/mol. The number of aromatic nitrogens is 1. The first-order valence-electron chi connectivity index (χ1n) is 6.83. The Kier molecular flexibility index (Phi) is 8.24. The highest BCUT2D eigenvalue weighted by molar-refractivity contribution is 9.10. The van der Waals surface area contributed by atoms with Crippen LogP contribution in [0.15, 0.2) is 41.1 Å². The molecule has 1 aromatic carbocycles. The van der Waals surface area contributed by atoms with Crippen molar-refractivity contribution in [2.24, 2.45) is 0 Å². The summed E-state index contributed by atoms with van der Waals surface area (Å²) in [7, 11) is 1.65. The van der Waals surface area contributed by atoms with Crippen LogP contribution >= 0.6 is 28.3 Å². The summed E-state index contributed by atoms with van der Waals surface area (Å²) in [6.07, 6.45) is 3.60. The molecule has 0 saturated heterocycles. The lowest BCUT2D eigenvalue weighted by molar-refractivity contribution is 0.308. The predicted molar refractivity (Wildman–Crippen MR) is 93.9 cm³/mol. The molecule has 0 unspecified atom stereocenters. The normalized spacial score (nSPS) is 9.95. The molecule has 0 amide bonds. The topological polar surface area (TPSA) is 43.4 Å². The summed E-state index contributed by atoms with van der Waals surface area (Å²) in [5.74, 6) is 1.49. The van der Waals surface area contributed by atoms with Crippen molar-refractivity contribution in [3.05, 3.63) is 52.3 Å². The van der Waals surface area contributed by atoms with Gasteiger partial charge in [0, 0.05) is 25.5 Å². The second-order valence-electron chi connectivity index (χ2n) is 4.50. The van der Waals surface area contributed by atoms with E-state index in [9.17, 15) is 0 Å². The molecular weight excluding hydrogens is 368 g/mol. The van der Waals surface area contributed by atoms with Gasteiger partial charge in [-0.15, -0.1) is 12.4 Å². The molecule has 6 heteroatoms. The zero-order chi connectivity index (χ0) is 15.1. The lowest BCUT2D eigenvalue weighted by atomic mass is 10.2. The Morgan fingerprint density at radius 3 is 2.45 bits per heavy atom. The molecule has 4 nitrogen and oxygen atoms in total. The van der Waals surface area contributed by atoms with Crippen molar-refractivity contribution in [2.75, 3.05) is 13.7 Å². The molecule has 2 aromatic rings. The molecular formula is C16H20BrClN2O2. The van der Waals surface area contributed by atoms with Crippen LogP contribution in [0.5, 0.6) is 11.5 Å². The van der Waals surface area contributed by atoms with Gasteiger partial charge in [0.05, 0.1) is 18.2 Å². The molecule has 1 N–H and O–H groups in total. The van der Waals surface area contributed by atoms with Gasteiger partial charge >= 0.3 is 0 Å². The molecule has 0 bridgehead atoms. The molecule has 1 heterocycles. The minimum Gasteiger partial charge on any atom is -0.493 e. The van der Waals surface area contributed by atoms with Crippen molar-refractivity contribution < 1.29 is 9.47 Å². The maximum Gasteiger partial charge on any atom is 0.175 e. The fourth-order valence-electron chi connectivity index (χ4n) is 2.01. The van der Waals surface area contributed by atoms with E-state index in [4.69, 9.17) is 9.47 Å². The largest absolute Gasteiger partial charge is 0.493 e. The van der Waals surface area contributed by atoms with E-state index in [1.165, 1.54) is 5.56 Å². The van der Waals surface area contributed by atoms with Crippen LogP contribution in [0.25, 0.3) is 0 Å². The van der Waals surface area contributed by atoms with Gasteiger partial charge in [-0.05, 0) is 58.2 Å². The van der Waals surface area contributed by atoms with Crippen LogP contribution in [-0.4, -0.2) is 18.7 Å². The van der Waals surface area contributed by atoms with Crippen LogP contribution in [-0.2, 0) is 13.1 Å². The zero-order valence-corrected chi connectivity index (χ0v) is 15.0. The molecule has 0 atom stereocenters. The number of hydrogen-bond acceptors (Lipinski definition) is 4. The Balaban J connectivity index is 0.00000242. The van der Waals surface area contributed by atoms with E-state index in [-0.39, 0.29) is 12.4 Å². The Morgan fingerprint density at radius 1 is 1.14 bits per heavy atom. The summed E-state index contributed by atoms with van der Waals surface area (Å²) < 4.78 is 11.9. The Labute approximate surface area is 145 Å². The van der Waals surface area contributed by atoms with Gasteiger partial charge in [-0.2, -0.15) is 0 Å². The first-order chi connectivity index (χ1) is 10.2. The van der Waals surface area contributed by atoms with Crippen molar-refractivity contribution in [3.63, 3.8) is 0 Å². The molecule has 0 spiro atoms. The summed E-state index contributed by atoms with van der Waals surface area (Å²) in [4.78, 5) is 4.01. The first kappa shape index (κ1) is 18.7. The molecule has 0 aliphatic carbocycles. The van der Waals surface area contributed by atoms with Gasteiger partial charge in [-0.3, -0.25) is 4.98 Å². The standard InChI is InChI=1S/C16H19BrN2O2.ClH/c1-3-21-16-14(17)8-13(9-15(16)20-2)11-19-10-12-4-6-18-7-5-12;/h4-9,19H,3,10-11H2,1-2H3;1H. The zero-order valence-electron chi connectivity index (χ0n) is 12.6. The fourth-order valence-corrected chi connectivity index (χ4v) is 2.62. The lowest BCUT2D eigenvalue weighted by Crippen LogP contribution is -2.13. The minimum absolute atomic E-state index is 0. The third kappa shape index (κ3) is 5.16. The van der Waals surface area contributed by atoms with Gasteiger partial charge in [0.2, 0.25) is 0 Å². The number of pyridine rings is 1. The summed E-state index contributed by atoms with van der Waals surface area (Å²) in [6.45, 7) is 4.12. The number of nitrogens with one attached hydrogen (secondary N) is 1. The van der Waals surface area contributed by atoms with Crippen LogP contribution in [0.4, 0.5) is 0 Å². The highest BCUT2D eigenvalue weighted by Crippen LogP contribution is 2.36.